The number of methoxy groups -OCH3 is 1. The van der Waals surface area contributed by atoms with E-state index in [0.29, 0.717) is 36.1 Å². The van der Waals surface area contributed by atoms with Gasteiger partial charge in [-0.05, 0) is 31.4 Å². The fourth-order valence-electron chi connectivity index (χ4n) is 3.64. The van der Waals surface area contributed by atoms with E-state index >= 15 is 0 Å². The van der Waals surface area contributed by atoms with E-state index in [9.17, 15) is 4.79 Å². The number of benzene rings is 1. The first-order chi connectivity index (χ1) is 15.0. The summed E-state index contributed by atoms with van der Waals surface area (Å²) in [7, 11) is 1.61. The molecule has 0 saturated heterocycles. The average Bonchev–Trinajstić information content (AvgIpc) is 2.75. The summed E-state index contributed by atoms with van der Waals surface area (Å²) in [5.41, 5.74) is 7.53. The molecule has 3 atom stereocenters. The molecule has 164 valence electrons. The molecule has 1 aliphatic carbocycles. The third-order valence-corrected chi connectivity index (χ3v) is 5.23. The number of anilines is 4. The molecule has 0 aliphatic heterocycles. The molecule has 1 aromatic heterocycles. The van der Waals surface area contributed by atoms with E-state index in [0.717, 1.165) is 5.69 Å². The van der Waals surface area contributed by atoms with Crippen molar-refractivity contribution in [3.63, 3.8) is 0 Å². The maximum Gasteiger partial charge on any atom is 0.311 e. The number of hydrogen-bond acceptors (Lipinski definition) is 8. The van der Waals surface area contributed by atoms with Gasteiger partial charge in [-0.15, -0.1) is 0 Å². The number of carbonyl (C=O) groups excluding carboxylic acids is 1. The SMILES string of the molecule is C=Cc1c(N)nc(Nc2cccc(OC)c2)nc1NC1C(C)C=CCC1C(=O)OCC. The molecule has 1 aliphatic rings. The van der Waals surface area contributed by atoms with Crippen LogP contribution in [0.3, 0.4) is 0 Å². The number of allylic oxidation sites excluding steroid dienone is 1. The third kappa shape index (κ3) is 5.14. The largest absolute Gasteiger partial charge is 0.497 e. The summed E-state index contributed by atoms with van der Waals surface area (Å²) in [6.45, 7) is 8.04. The summed E-state index contributed by atoms with van der Waals surface area (Å²) in [5, 5.41) is 6.56. The Morgan fingerprint density at radius 3 is 2.90 bits per heavy atom. The Bertz CT molecular complexity index is 976. The summed E-state index contributed by atoms with van der Waals surface area (Å²) in [6.07, 6.45) is 6.30. The van der Waals surface area contributed by atoms with Gasteiger partial charge in [0.15, 0.2) is 0 Å². The molecule has 0 spiro atoms. The average molecular weight is 424 g/mol. The second-order valence-corrected chi connectivity index (χ2v) is 7.31. The molecule has 1 heterocycles. The van der Waals surface area contributed by atoms with E-state index in [1.807, 2.05) is 37.3 Å². The van der Waals surface area contributed by atoms with Crippen molar-refractivity contribution in [2.75, 3.05) is 30.1 Å². The van der Waals surface area contributed by atoms with Gasteiger partial charge in [-0.2, -0.15) is 9.97 Å². The molecule has 0 amide bonds. The van der Waals surface area contributed by atoms with E-state index in [1.54, 1.807) is 20.1 Å². The molecule has 0 bridgehead atoms. The molecule has 8 heteroatoms. The zero-order valence-corrected chi connectivity index (χ0v) is 18.1. The van der Waals surface area contributed by atoms with E-state index in [-0.39, 0.29) is 29.7 Å². The molecule has 3 rings (SSSR count). The molecule has 31 heavy (non-hydrogen) atoms. The van der Waals surface area contributed by atoms with Gasteiger partial charge in [0, 0.05) is 17.8 Å². The highest BCUT2D eigenvalue weighted by Gasteiger charge is 2.35. The Balaban J connectivity index is 1.92. The van der Waals surface area contributed by atoms with Gasteiger partial charge in [0.1, 0.15) is 17.4 Å². The van der Waals surface area contributed by atoms with Crippen LogP contribution in [0, 0.1) is 11.8 Å². The van der Waals surface area contributed by atoms with E-state index in [1.165, 1.54) is 0 Å². The number of carbonyl (C=O) groups is 1. The zero-order valence-electron chi connectivity index (χ0n) is 18.1. The lowest BCUT2D eigenvalue weighted by atomic mass is 9.82. The minimum Gasteiger partial charge on any atom is -0.497 e. The first-order valence-corrected chi connectivity index (χ1v) is 10.3. The summed E-state index contributed by atoms with van der Waals surface area (Å²) in [4.78, 5) is 21.5. The van der Waals surface area contributed by atoms with E-state index in [2.05, 4.69) is 33.3 Å². The predicted octanol–water partition coefficient (Wildman–Crippen LogP) is 4.01. The smallest absolute Gasteiger partial charge is 0.311 e. The van der Waals surface area contributed by atoms with Gasteiger partial charge in [0.05, 0.1) is 25.2 Å². The highest BCUT2D eigenvalue weighted by atomic mass is 16.5. The van der Waals surface area contributed by atoms with E-state index in [4.69, 9.17) is 15.2 Å². The number of aromatic nitrogens is 2. The molecule has 8 nitrogen and oxygen atoms in total. The van der Waals surface area contributed by atoms with Crippen LogP contribution in [-0.4, -0.2) is 35.7 Å². The van der Waals surface area contributed by atoms with Gasteiger partial charge in [0.25, 0.3) is 0 Å². The van der Waals surface area contributed by atoms with Gasteiger partial charge in [0.2, 0.25) is 5.95 Å². The summed E-state index contributed by atoms with van der Waals surface area (Å²) >= 11 is 0. The maximum absolute atomic E-state index is 12.5. The molecule has 1 aromatic carbocycles. The second-order valence-electron chi connectivity index (χ2n) is 7.31. The Morgan fingerprint density at radius 2 is 2.19 bits per heavy atom. The zero-order chi connectivity index (χ0) is 22.4. The van der Waals surface area contributed by atoms with Crippen molar-refractivity contribution in [1.82, 2.24) is 9.97 Å². The normalized spacial score (nSPS) is 20.0. The number of nitrogens with zero attached hydrogens (tertiary/aromatic N) is 2. The van der Waals surface area contributed by atoms with Crippen LogP contribution < -0.4 is 21.1 Å². The van der Waals surface area contributed by atoms with Gasteiger partial charge in [-0.3, -0.25) is 4.79 Å². The van der Waals surface area contributed by atoms with Gasteiger partial charge >= 0.3 is 5.97 Å². The molecule has 4 N–H and O–H groups in total. The fraction of sp³-hybridized carbons (Fsp3) is 0.348. The van der Waals surface area contributed by atoms with Gasteiger partial charge in [-0.1, -0.05) is 37.8 Å². The van der Waals surface area contributed by atoms with Crippen LogP contribution in [0.15, 0.2) is 43.0 Å². The first kappa shape index (κ1) is 22.1. The Morgan fingerprint density at radius 1 is 1.39 bits per heavy atom. The topological polar surface area (TPSA) is 111 Å². The van der Waals surface area contributed by atoms with Crippen LogP contribution >= 0.6 is 0 Å². The first-order valence-electron chi connectivity index (χ1n) is 10.3. The lowest BCUT2D eigenvalue weighted by Gasteiger charge is -2.33. The molecule has 0 fully saturated rings. The lowest BCUT2D eigenvalue weighted by molar-refractivity contribution is -0.148. The van der Waals surface area contributed by atoms with Crippen LogP contribution in [0.25, 0.3) is 6.08 Å². The Hall–Kier alpha value is -3.55. The minimum atomic E-state index is -0.330. The quantitative estimate of drug-likeness (QED) is 0.431. The number of nitrogens with one attached hydrogen (secondary N) is 2. The van der Waals surface area contributed by atoms with E-state index < -0.39 is 0 Å². The maximum atomic E-state index is 12.5. The highest BCUT2D eigenvalue weighted by Crippen LogP contribution is 2.31. The summed E-state index contributed by atoms with van der Waals surface area (Å²) in [5.74, 6) is 1.35. The van der Waals surface area contributed by atoms with Crippen molar-refractivity contribution in [3.05, 3.63) is 48.6 Å². The lowest BCUT2D eigenvalue weighted by Crippen LogP contribution is -2.42. The fourth-order valence-corrected chi connectivity index (χ4v) is 3.64. The molecular weight excluding hydrogens is 394 g/mol. The van der Waals surface area contributed by atoms with Crippen LogP contribution in [-0.2, 0) is 9.53 Å². The second kappa shape index (κ2) is 9.97. The van der Waals surface area contributed by atoms with Crippen molar-refractivity contribution in [2.45, 2.75) is 26.3 Å². The number of esters is 1. The molecule has 2 aromatic rings. The number of hydrogen-bond donors (Lipinski definition) is 3. The van der Waals surface area contributed by atoms with Gasteiger partial charge < -0.3 is 25.8 Å². The third-order valence-electron chi connectivity index (χ3n) is 5.23. The highest BCUT2D eigenvalue weighted by molar-refractivity contribution is 5.77. The number of nitrogen functional groups attached to an aromatic ring is 1. The van der Waals surface area contributed by atoms with Crippen LogP contribution in [0.5, 0.6) is 5.75 Å². The summed E-state index contributed by atoms with van der Waals surface area (Å²) in [6, 6.07) is 7.21. The van der Waals surface area contributed by atoms with Crippen molar-refractivity contribution < 1.29 is 14.3 Å². The predicted molar refractivity (Wildman–Crippen MR) is 123 cm³/mol. The molecule has 3 unspecified atom stereocenters. The Kier molecular flexibility index (Phi) is 7.12. The minimum absolute atomic E-state index is 0.0896. The van der Waals surface area contributed by atoms with Crippen molar-refractivity contribution in [1.29, 1.82) is 0 Å². The molecule has 0 radical (unpaired) electrons. The summed E-state index contributed by atoms with van der Waals surface area (Å²) < 4.78 is 10.5. The number of rotatable bonds is 8. The van der Waals surface area contributed by atoms with Crippen molar-refractivity contribution in [3.8, 4) is 5.75 Å². The van der Waals surface area contributed by atoms with Gasteiger partial charge in [-0.25, -0.2) is 0 Å². The van der Waals surface area contributed by atoms with Crippen LogP contribution in [0.1, 0.15) is 25.8 Å². The molecular formula is C23H29N5O3. The number of nitrogens with two attached hydrogens (primary N) is 1. The Labute approximate surface area is 182 Å². The number of ether oxygens (including phenoxy) is 2. The van der Waals surface area contributed by atoms with Crippen LogP contribution in [0.2, 0.25) is 0 Å². The van der Waals surface area contributed by atoms with Crippen molar-refractivity contribution in [2.24, 2.45) is 11.8 Å². The van der Waals surface area contributed by atoms with Crippen molar-refractivity contribution >= 4 is 35.3 Å². The standard InChI is InChI=1S/C23H29N5O3/c1-5-17-20(24)27-23(25-15-10-8-11-16(13-15)30-4)28-21(17)26-19-14(3)9-7-12-18(19)22(29)31-6-2/h5,7-11,13-14,18-19H,1,6,12H2,2-4H3,(H4,24,25,26,27,28). The van der Waals surface area contributed by atoms with Crippen LogP contribution in [0.4, 0.5) is 23.3 Å². The molecule has 0 saturated carbocycles. The monoisotopic (exact) mass is 423 g/mol.